The number of rotatable bonds is 4. The number of amides is 1. The third kappa shape index (κ3) is 3.18. The van der Waals surface area contributed by atoms with Gasteiger partial charge in [-0.15, -0.1) is 0 Å². The van der Waals surface area contributed by atoms with Crippen LogP contribution in [-0.4, -0.2) is 41.8 Å². The Kier molecular flexibility index (Phi) is 5.31. The molecule has 0 aliphatic carbocycles. The van der Waals surface area contributed by atoms with Gasteiger partial charge in [0.1, 0.15) is 5.92 Å². The highest BCUT2D eigenvalue weighted by Crippen LogP contribution is 2.24. The summed E-state index contributed by atoms with van der Waals surface area (Å²) in [5.74, 6) is -1.60. The molecule has 1 aliphatic rings. The van der Waals surface area contributed by atoms with Crippen LogP contribution in [0.1, 0.15) is 37.0 Å². The molecule has 1 amide bonds. The molecule has 1 heterocycles. The lowest BCUT2D eigenvalue weighted by Crippen LogP contribution is -2.53. The Bertz CT molecular complexity index is 555. The van der Waals surface area contributed by atoms with Crippen LogP contribution >= 0.6 is 0 Å². The first kappa shape index (κ1) is 16.2. The SMILES string of the molecule is CCOC(=O)[C@@H]1CCN(C(=O)c2ccccc2)[C@@H](CC)C1=O. The number of likely N-dealkylation sites (tertiary alicyclic amines) is 1. The van der Waals surface area contributed by atoms with E-state index < -0.39 is 17.9 Å². The molecule has 0 saturated carbocycles. The molecule has 1 aromatic carbocycles. The van der Waals surface area contributed by atoms with Gasteiger partial charge in [0.25, 0.3) is 5.91 Å². The number of carbonyl (C=O) groups is 3. The number of benzene rings is 1. The van der Waals surface area contributed by atoms with Crippen molar-refractivity contribution in [2.45, 2.75) is 32.7 Å². The quantitative estimate of drug-likeness (QED) is 0.631. The summed E-state index contributed by atoms with van der Waals surface area (Å²) in [5.41, 5.74) is 0.559. The normalized spacial score (nSPS) is 21.5. The number of ether oxygens (including phenoxy) is 1. The number of esters is 1. The van der Waals surface area contributed by atoms with Crippen molar-refractivity contribution in [3.63, 3.8) is 0 Å². The Labute approximate surface area is 130 Å². The maximum Gasteiger partial charge on any atom is 0.316 e. The lowest BCUT2D eigenvalue weighted by atomic mass is 9.87. The summed E-state index contributed by atoms with van der Waals surface area (Å²) in [6.45, 7) is 4.21. The van der Waals surface area contributed by atoms with Gasteiger partial charge in [-0.05, 0) is 31.9 Å². The Morgan fingerprint density at radius 3 is 2.50 bits per heavy atom. The third-order valence-corrected chi connectivity index (χ3v) is 3.95. The molecule has 0 unspecified atom stereocenters. The topological polar surface area (TPSA) is 63.7 Å². The van der Waals surface area contributed by atoms with E-state index in [1.165, 1.54) is 0 Å². The number of piperidine rings is 1. The van der Waals surface area contributed by atoms with Gasteiger partial charge < -0.3 is 9.64 Å². The van der Waals surface area contributed by atoms with E-state index in [1.54, 1.807) is 36.1 Å². The van der Waals surface area contributed by atoms with Gasteiger partial charge in [0.2, 0.25) is 0 Å². The van der Waals surface area contributed by atoms with Crippen molar-refractivity contribution in [2.75, 3.05) is 13.2 Å². The highest BCUT2D eigenvalue weighted by atomic mass is 16.5. The van der Waals surface area contributed by atoms with Gasteiger partial charge in [-0.3, -0.25) is 14.4 Å². The van der Waals surface area contributed by atoms with Crippen molar-refractivity contribution < 1.29 is 19.1 Å². The smallest absolute Gasteiger partial charge is 0.316 e. The third-order valence-electron chi connectivity index (χ3n) is 3.95. The van der Waals surface area contributed by atoms with E-state index in [0.717, 1.165) is 0 Å². The minimum Gasteiger partial charge on any atom is -0.465 e. The summed E-state index contributed by atoms with van der Waals surface area (Å²) in [5, 5.41) is 0. The predicted octanol–water partition coefficient (Wildman–Crippen LogP) is 2.06. The van der Waals surface area contributed by atoms with Crippen molar-refractivity contribution in [1.82, 2.24) is 4.90 Å². The lowest BCUT2D eigenvalue weighted by molar-refractivity contribution is -0.155. The summed E-state index contributed by atoms with van der Waals surface area (Å²) >= 11 is 0. The fourth-order valence-corrected chi connectivity index (χ4v) is 2.84. The van der Waals surface area contributed by atoms with Crippen LogP contribution in [-0.2, 0) is 14.3 Å². The Morgan fingerprint density at radius 1 is 1.23 bits per heavy atom. The van der Waals surface area contributed by atoms with Crippen LogP contribution < -0.4 is 0 Å². The van der Waals surface area contributed by atoms with Crippen molar-refractivity contribution in [1.29, 1.82) is 0 Å². The Morgan fingerprint density at radius 2 is 1.91 bits per heavy atom. The number of ketones is 1. The molecule has 5 nitrogen and oxygen atoms in total. The lowest BCUT2D eigenvalue weighted by Gasteiger charge is -2.37. The fourth-order valence-electron chi connectivity index (χ4n) is 2.84. The van der Waals surface area contributed by atoms with Crippen LogP contribution in [0.4, 0.5) is 0 Å². The summed E-state index contributed by atoms with van der Waals surface area (Å²) in [7, 11) is 0. The first-order valence-corrected chi connectivity index (χ1v) is 7.66. The maximum atomic E-state index is 12.6. The van der Waals surface area contributed by atoms with Crippen molar-refractivity contribution >= 4 is 17.7 Å². The zero-order chi connectivity index (χ0) is 16.1. The van der Waals surface area contributed by atoms with E-state index in [2.05, 4.69) is 0 Å². The maximum absolute atomic E-state index is 12.6. The second-order valence-electron chi connectivity index (χ2n) is 5.28. The summed E-state index contributed by atoms with van der Waals surface area (Å²) in [6, 6.07) is 8.33. The predicted molar refractivity (Wildman–Crippen MR) is 81.3 cm³/mol. The van der Waals surface area contributed by atoms with Gasteiger partial charge >= 0.3 is 5.97 Å². The molecule has 0 spiro atoms. The van der Waals surface area contributed by atoms with Gasteiger partial charge in [-0.1, -0.05) is 25.1 Å². The summed E-state index contributed by atoms with van der Waals surface area (Å²) in [6.07, 6.45) is 0.819. The van der Waals surface area contributed by atoms with Crippen molar-refractivity contribution in [3.8, 4) is 0 Å². The molecule has 22 heavy (non-hydrogen) atoms. The van der Waals surface area contributed by atoms with E-state index >= 15 is 0 Å². The van der Waals surface area contributed by atoms with Gasteiger partial charge in [-0.25, -0.2) is 0 Å². The number of Topliss-reactive ketones (excluding diaryl/α,β-unsaturated/α-hetero) is 1. The number of carbonyl (C=O) groups excluding carboxylic acids is 3. The molecule has 0 bridgehead atoms. The van der Waals surface area contributed by atoms with Crippen LogP contribution in [0.2, 0.25) is 0 Å². The number of hydrogen-bond acceptors (Lipinski definition) is 4. The molecule has 0 N–H and O–H groups in total. The molecule has 1 saturated heterocycles. The molecule has 2 atom stereocenters. The zero-order valence-corrected chi connectivity index (χ0v) is 13.0. The first-order chi connectivity index (χ1) is 10.6. The molecule has 1 aliphatic heterocycles. The average molecular weight is 303 g/mol. The molecule has 0 radical (unpaired) electrons. The van der Waals surface area contributed by atoms with Crippen LogP contribution in [0, 0.1) is 5.92 Å². The summed E-state index contributed by atoms with van der Waals surface area (Å²) in [4.78, 5) is 38.5. The molecule has 2 rings (SSSR count). The Hall–Kier alpha value is -2.17. The van der Waals surface area contributed by atoms with Crippen LogP contribution in [0.25, 0.3) is 0 Å². The van der Waals surface area contributed by atoms with Crippen LogP contribution in [0.15, 0.2) is 30.3 Å². The van der Waals surface area contributed by atoms with E-state index in [1.807, 2.05) is 13.0 Å². The standard InChI is InChI=1S/C17H21NO4/c1-3-14-15(19)13(17(21)22-4-2)10-11-18(14)16(20)12-8-6-5-7-9-12/h5-9,13-14H,3-4,10-11H2,1-2H3/t13-,14+/m1/s1. The van der Waals surface area contributed by atoms with E-state index in [-0.39, 0.29) is 18.3 Å². The summed E-state index contributed by atoms with van der Waals surface area (Å²) < 4.78 is 4.96. The minimum absolute atomic E-state index is 0.164. The first-order valence-electron chi connectivity index (χ1n) is 7.66. The van der Waals surface area contributed by atoms with Crippen LogP contribution in [0.5, 0.6) is 0 Å². The van der Waals surface area contributed by atoms with Gasteiger partial charge in [0.05, 0.1) is 12.6 Å². The molecule has 1 fully saturated rings. The molecule has 5 heteroatoms. The van der Waals surface area contributed by atoms with E-state index in [9.17, 15) is 14.4 Å². The molecule has 1 aromatic rings. The minimum atomic E-state index is -0.746. The monoisotopic (exact) mass is 303 g/mol. The van der Waals surface area contributed by atoms with Crippen molar-refractivity contribution in [3.05, 3.63) is 35.9 Å². The van der Waals surface area contributed by atoms with E-state index in [4.69, 9.17) is 4.74 Å². The van der Waals surface area contributed by atoms with E-state index in [0.29, 0.717) is 24.9 Å². The fraction of sp³-hybridized carbons (Fsp3) is 0.471. The van der Waals surface area contributed by atoms with Gasteiger partial charge in [-0.2, -0.15) is 0 Å². The second-order valence-corrected chi connectivity index (χ2v) is 5.28. The molecule has 118 valence electrons. The molecular formula is C17H21NO4. The molecular weight excluding hydrogens is 282 g/mol. The van der Waals surface area contributed by atoms with Gasteiger partial charge in [0.15, 0.2) is 5.78 Å². The van der Waals surface area contributed by atoms with Crippen LogP contribution in [0.3, 0.4) is 0 Å². The number of nitrogens with zero attached hydrogens (tertiary/aromatic N) is 1. The Balaban J connectivity index is 2.17. The second kappa shape index (κ2) is 7.20. The highest BCUT2D eigenvalue weighted by Gasteiger charge is 2.41. The number of hydrogen-bond donors (Lipinski definition) is 0. The van der Waals surface area contributed by atoms with Gasteiger partial charge in [0, 0.05) is 12.1 Å². The molecule has 0 aromatic heterocycles. The largest absolute Gasteiger partial charge is 0.465 e. The average Bonchev–Trinajstić information content (AvgIpc) is 2.54. The highest BCUT2D eigenvalue weighted by molar-refractivity contribution is 6.05. The zero-order valence-electron chi connectivity index (χ0n) is 13.0. The van der Waals surface area contributed by atoms with Crippen molar-refractivity contribution in [2.24, 2.45) is 5.92 Å².